The molecule has 0 spiro atoms. The van der Waals surface area contributed by atoms with Gasteiger partial charge in [0.2, 0.25) is 0 Å². The molecule has 0 N–H and O–H groups in total. The number of nitrogens with zero attached hydrogens (tertiary/aromatic N) is 1. The third kappa shape index (κ3) is 3.27. The Morgan fingerprint density at radius 2 is 1.83 bits per heavy atom. The lowest BCUT2D eigenvalue weighted by Crippen LogP contribution is -2.46. The Hall–Kier alpha value is -2.20. The van der Waals surface area contributed by atoms with E-state index in [1.165, 1.54) is 6.07 Å². The lowest BCUT2D eigenvalue weighted by Gasteiger charge is -2.34. The zero-order valence-corrected chi connectivity index (χ0v) is 14.0. The van der Waals surface area contributed by atoms with Gasteiger partial charge < -0.3 is 4.74 Å². The van der Waals surface area contributed by atoms with Gasteiger partial charge in [-0.2, -0.15) is 0 Å². The van der Waals surface area contributed by atoms with Crippen LogP contribution in [-0.2, 0) is 15.1 Å². The SMILES string of the molecule is CCOC(=O)C(C)(c1ccc(-c2ccccc2)c(F)c1)N(C)C. The summed E-state index contributed by atoms with van der Waals surface area (Å²) < 4.78 is 19.8. The smallest absolute Gasteiger partial charge is 0.330 e. The Labute approximate surface area is 136 Å². The third-order valence-corrected chi connectivity index (χ3v) is 4.18. The maximum Gasteiger partial charge on any atom is 0.330 e. The molecule has 0 aromatic heterocycles. The van der Waals surface area contributed by atoms with E-state index in [0.29, 0.717) is 11.1 Å². The van der Waals surface area contributed by atoms with Crippen LogP contribution in [-0.4, -0.2) is 31.6 Å². The molecule has 0 aliphatic rings. The summed E-state index contributed by atoms with van der Waals surface area (Å²) in [4.78, 5) is 14.1. The topological polar surface area (TPSA) is 29.5 Å². The highest BCUT2D eigenvalue weighted by Gasteiger charge is 2.39. The molecule has 23 heavy (non-hydrogen) atoms. The van der Waals surface area contributed by atoms with Crippen LogP contribution in [0, 0.1) is 5.82 Å². The molecule has 2 aromatic carbocycles. The van der Waals surface area contributed by atoms with E-state index in [1.54, 1.807) is 45.0 Å². The van der Waals surface area contributed by atoms with Crippen molar-refractivity contribution in [3.63, 3.8) is 0 Å². The monoisotopic (exact) mass is 315 g/mol. The van der Waals surface area contributed by atoms with Gasteiger partial charge in [-0.3, -0.25) is 4.90 Å². The largest absolute Gasteiger partial charge is 0.464 e. The number of ether oxygens (including phenoxy) is 1. The number of rotatable bonds is 5. The second-order valence-electron chi connectivity index (χ2n) is 5.75. The van der Waals surface area contributed by atoms with Gasteiger partial charge in [-0.25, -0.2) is 9.18 Å². The van der Waals surface area contributed by atoms with Crippen LogP contribution in [0.2, 0.25) is 0 Å². The number of benzene rings is 2. The molecule has 0 heterocycles. The Balaban J connectivity index is 2.47. The van der Waals surface area contributed by atoms with E-state index in [9.17, 15) is 9.18 Å². The molecule has 0 saturated heterocycles. The van der Waals surface area contributed by atoms with Crippen molar-refractivity contribution in [1.82, 2.24) is 4.90 Å². The Morgan fingerprint density at radius 3 is 2.35 bits per heavy atom. The molecule has 0 radical (unpaired) electrons. The van der Waals surface area contributed by atoms with E-state index in [1.807, 2.05) is 30.3 Å². The van der Waals surface area contributed by atoms with E-state index in [0.717, 1.165) is 5.56 Å². The van der Waals surface area contributed by atoms with Gasteiger partial charge in [0.25, 0.3) is 0 Å². The van der Waals surface area contributed by atoms with Crippen LogP contribution in [0.1, 0.15) is 19.4 Å². The number of esters is 1. The first kappa shape index (κ1) is 17.2. The molecular weight excluding hydrogens is 293 g/mol. The highest BCUT2D eigenvalue weighted by Crippen LogP contribution is 2.31. The predicted octanol–water partition coefficient (Wildman–Crippen LogP) is 3.83. The molecular formula is C19H22FNO2. The average Bonchev–Trinajstić information content (AvgIpc) is 2.54. The van der Waals surface area contributed by atoms with Gasteiger partial charge in [-0.1, -0.05) is 42.5 Å². The van der Waals surface area contributed by atoms with Crippen LogP contribution >= 0.6 is 0 Å². The van der Waals surface area contributed by atoms with Crippen molar-refractivity contribution < 1.29 is 13.9 Å². The highest BCUT2D eigenvalue weighted by molar-refractivity contribution is 5.82. The molecule has 1 unspecified atom stereocenters. The molecule has 0 fully saturated rings. The van der Waals surface area contributed by atoms with Crippen molar-refractivity contribution in [3.8, 4) is 11.1 Å². The number of hydrogen-bond donors (Lipinski definition) is 0. The fourth-order valence-electron chi connectivity index (χ4n) is 2.50. The molecule has 3 nitrogen and oxygen atoms in total. The first-order chi connectivity index (χ1) is 10.9. The Kier molecular flexibility index (Phi) is 5.16. The summed E-state index contributed by atoms with van der Waals surface area (Å²) >= 11 is 0. The molecule has 0 aliphatic heterocycles. The van der Waals surface area contributed by atoms with E-state index < -0.39 is 11.5 Å². The first-order valence-electron chi connectivity index (χ1n) is 7.61. The van der Waals surface area contributed by atoms with Crippen molar-refractivity contribution in [2.45, 2.75) is 19.4 Å². The van der Waals surface area contributed by atoms with Gasteiger partial charge in [-0.05, 0) is 45.1 Å². The van der Waals surface area contributed by atoms with Gasteiger partial charge in [0, 0.05) is 5.56 Å². The molecule has 122 valence electrons. The predicted molar refractivity (Wildman–Crippen MR) is 89.5 cm³/mol. The van der Waals surface area contributed by atoms with E-state index in [2.05, 4.69) is 0 Å². The quantitative estimate of drug-likeness (QED) is 0.785. The van der Waals surface area contributed by atoms with E-state index in [4.69, 9.17) is 4.74 Å². The van der Waals surface area contributed by atoms with Crippen LogP contribution < -0.4 is 0 Å². The van der Waals surface area contributed by atoms with Crippen molar-refractivity contribution in [3.05, 3.63) is 59.9 Å². The molecule has 4 heteroatoms. The van der Waals surface area contributed by atoms with Crippen molar-refractivity contribution in [2.24, 2.45) is 0 Å². The van der Waals surface area contributed by atoms with Crippen LogP contribution in [0.25, 0.3) is 11.1 Å². The maximum absolute atomic E-state index is 14.6. The minimum atomic E-state index is -1.04. The highest BCUT2D eigenvalue weighted by atomic mass is 19.1. The minimum absolute atomic E-state index is 0.285. The van der Waals surface area contributed by atoms with Gasteiger partial charge >= 0.3 is 5.97 Å². The summed E-state index contributed by atoms with van der Waals surface area (Å²) in [5.41, 5.74) is 0.850. The summed E-state index contributed by atoms with van der Waals surface area (Å²) in [6.45, 7) is 3.78. The van der Waals surface area contributed by atoms with E-state index >= 15 is 0 Å². The summed E-state index contributed by atoms with van der Waals surface area (Å²) in [5.74, 6) is -0.747. The Bertz CT molecular complexity index is 685. The second kappa shape index (κ2) is 6.92. The summed E-state index contributed by atoms with van der Waals surface area (Å²) in [7, 11) is 3.56. The molecule has 0 saturated carbocycles. The lowest BCUT2D eigenvalue weighted by molar-refractivity contribution is -0.156. The Morgan fingerprint density at radius 1 is 1.17 bits per heavy atom. The molecule has 1 atom stereocenters. The fraction of sp³-hybridized carbons (Fsp3) is 0.316. The molecule has 2 rings (SSSR count). The third-order valence-electron chi connectivity index (χ3n) is 4.18. The molecule has 2 aromatic rings. The van der Waals surface area contributed by atoms with Crippen molar-refractivity contribution in [1.29, 1.82) is 0 Å². The lowest BCUT2D eigenvalue weighted by atomic mass is 9.89. The van der Waals surface area contributed by atoms with Crippen LogP contribution in [0.5, 0.6) is 0 Å². The number of hydrogen-bond acceptors (Lipinski definition) is 3. The number of halogens is 1. The van der Waals surface area contributed by atoms with Crippen molar-refractivity contribution in [2.75, 3.05) is 20.7 Å². The summed E-state index contributed by atoms with van der Waals surface area (Å²) in [6.07, 6.45) is 0. The number of carbonyl (C=O) groups excluding carboxylic acids is 1. The average molecular weight is 315 g/mol. The van der Waals surface area contributed by atoms with Crippen LogP contribution in [0.3, 0.4) is 0 Å². The normalized spacial score (nSPS) is 13.7. The minimum Gasteiger partial charge on any atom is -0.464 e. The maximum atomic E-state index is 14.6. The van der Waals surface area contributed by atoms with Crippen LogP contribution in [0.15, 0.2) is 48.5 Å². The summed E-state index contributed by atoms with van der Waals surface area (Å²) in [5, 5.41) is 0. The van der Waals surface area contributed by atoms with Gasteiger partial charge in [0.1, 0.15) is 11.4 Å². The first-order valence-corrected chi connectivity index (χ1v) is 7.61. The van der Waals surface area contributed by atoms with Gasteiger partial charge in [-0.15, -0.1) is 0 Å². The number of likely N-dealkylation sites (N-methyl/N-ethyl adjacent to an activating group) is 1. The molecule has 0 amide bonds. The zero-order valence-electron chi connectivity index (χ0n) is 14.0. The van der Waals surface area contributed by atoms with Gasteiger partial charge in [0.05, 0.1) is 6.61 Å². The second-order valence-corrected chi connectivity index (χ2v) is 5.75. The fourth-order valence-corrected chi connectivity index (χ4v) is 2.50. The molecule has 0 bridgehead atoms. The summed E-state index contributed by atoms with van der Waals surface area (Å²) in [6, 6.07) is 14.2. The molecule has 0 aliphatic carbocycles. The van der Waals surface area contributed by atoms with Crippen LogP contribution in [0.4, 0.5) is 4.39 Å². The zero-order chi connectivity index (χ0) is 17.0. The van der Waals surface area contributed by atoms with Gasteiger partial charge in [0.15, 0.2) is 0 Å². The van der Waals surface area contributed by atoms with E-state index in [-0.39, 0.29) is 12.4 Å². The number of carbonyl (C=O) groups is 1. The van der Waals surface area contributed by atoms with Crippen molar-refractivity contribution >= 4 is 5.97 Å². The standard InChI is InChI=1S/C19H22FNO2/c1-5-23-18(22)19(2,21(3)4)15-11-12-16(17(20)13-15)14-9-7-6-8-10-14/h6-13H,5H2,1-4H3.